The van der Waals surface area contributed by atoms with Crippen molar-refractivity contribution in [2.24, 2.45) is 0 Å². The number of hydrogen-bond donors (Lipinski definition) is 2. The smallest absolute Gasteiger partial charge is 0.231 e. The zero-order chi connectivity index (χ0) is 13.9. The third-order valence-electron chi connectivity index (χ3n) is 3.03. The van der Waals surface area contributed by atoms with Crippen LogP contribution in [0.25, 0.3) is 5.65 Å². The third-order valence-corrected chi connectivity index (χ3v) is 3.03. The zero-order valence-electron chi connectivity index (χ0n) is 11.1. The van der Waals surface area contributed by atoms with Gasteiger partial charge >= 0.3 is 0 Å². The first-order valence-corrected chi connectivity index (χ1v) is 6.51. The highest BCUT2D eigenvalue weighted by molar-refractivity contribution is 5.91. The molecule has 1 amide bonds. The molecule has 0 saturated carbocycles. The van der Waals surface area contributed by atoms with Crippen molar-refractivity contribution >= 4 is 17.4 Å². The predicted molar refractivity (Wildman–Crippen MR) is 75.5 cm³/mol. The monoisotopic (exact) mass is 269 g/mol. The first-order chi connectivity index (χ1) is 9.74. The lowest BCUT2D eigenvalue weighted by molar-refractivity contribution is -0.115. The van der Waals surface area contributed by atoms with Gasteiger partial charge < -0.3 is 9.72 Å². The number of anilines is 1. The summed E-state index contributed by atoms with van der Waals surface area (Å²) in [5.74, 6) is 0.429. The van der Waals surface area contributed by atoms with Gasteiger partial charge in [-0.1, -0.05) is 13.0 Å². The number of hydrogen-bond acceptors (Lipinski definition) is 3. The number of H-pyrrole nitrogens is 1. The van der Waals surface area contributed by atoms with Gasteiger partial charge in [0.25, 0.3) is 0 Å². The molecule has 20 heavy (non-hydrogen) atoms. The van der Waals surface area contributed by atoms with Crippen LogP contribution in [-0.2, 0) is 17.6 Å². The molecular weight excluding hydrogens is 254 g/mol. The van der Waals surface area contributed by atoms with Crippen molar-refractivity contribution < 1.29 is 4.79 Å². The summed E-state index contributed by atoms with van der Waals surface area (Å²) in [5, 5.41) is 9.65. The number of aromatic amines is 1. The molecule has 6 heteroatoms. The van der Waals surface area contributed by atoms with Crippen molar-refractivity contribution in [3.05, 3.63) is 48.0 Å². The maximum Gasteiger partial charge on any atom is 0.231 e. The molecule has 0 saturated heterocycles. The van der Waals surface area contributed by atoms with E-state index in [9.17, 15) is 4.79 Å². The molecule has 0 aliphatic carbocycles. The van der Waals surface area contributed by atoms with Gasteiger partial charge in [-0.3, -0.25) is 9.89 Å². The van der Waals surface area contributed by atoms with Crippen molar-refractivity contribution in [2.75, 3.05) is 5.32 Å². The summed E-state index contributed by atoms with van der Waals surface area (Å²) in [5.41, 5.74) is 2.57. The second kappa shape index (κ2) is 5.16. The molecule has 0 aliphatic rings. The second-order valence-corrected chi connectivity index (χ2v) is 4.56. The molecule has 3 aromatic heterocycles. The van der Waals surface area contributed by atoms with E-state index in [4.69, 9.17) is 0 Å². The first-order valence-electron chi connectivity index (χ1n) is 6.51. The van der Waals surface area contributed by atoms with Crippen LogP contribution in [0.5, 0.6) is 0 Å². The predicted octanol–water partition coefficient (Wildman–Crippen LogP) is 1.80. The average molecular weight is 269 g/mol. The normalized spacial score (nSPS) is 10.8. The van der Waals surface area contributed by atoms with Gasteiger partial charge in [0.15, 0.2) is 5.82 Å². The van der Waals surface area contributed by atoms with Gasteiger partial charge in [-0.05, 0) is 18.6 Å². The van der Waals surface area contributed by atoms with E-state index in [0.717, 1.165) is 23.5 Å². The molecule has 3 aromatic rings. The van der Waals surface area contributed by atoms with Crippen molar-refractivity contribution in [1.29, 1.82) is 0 Å². The van der Waals surface area contributed by atoms with Crippen LogP contribution in [0.2, 0.25) is 0 Å². The van der Waals surface area contributed by atoms with Gasteiger partial charge in [0, 0.05) is 24.2 Å². The summed E-state index contributed by atoms with van der Waals surface area (Å²) in [6.45, 7) is 2.02. The number of aromatic nitrogens is 4. The lowest BCUT2D eigenvalue weighted by atomic mass is 10.3. The van der Waals surface area contributed by atoms with Gasteiger partial charge in [0.2, 0.25) is 5.91 Å². The maximum atomic E-state index is 11.9. The Balaban J connectivity index is 1.69. The van der Waals surface area contributed by atoms with E-state index < -0.39 is 0 Å². The van der Waals surface area contributed by atoms with Crippen LogP contribution in [-0.4, -0.2) is 25.5 Å². The minimum absolute atomic E-state index is 0.123. The highest BCUT2D eigenvalue weighted by Gasteiger charge is 2.09. The number of pyridine rings is 1. The van der Waals surface area contributed by atoms with Gasteiger partial charge in [-0.2, -0.15) is 5.10 Å². The highest BCUT2D eigenvalue weighted by Crippen LogP contribution is 2.08. The summed E-state index contributed by atoms with van der Waals surface area (Å²) in [4.78, 5) is 16.3. The molecule has 102 valence electrons. The fourth-order valence-electron chi connectivity index (χ4n) is 2.03. The summed E-state index contributed by atoms with van der Waals surface area (Å²) in [6.07, 6.45) is 4.85. The van der Waals surface area contributed by atoms with Crippen LogP contribution in [0, 0.1) is 0 Å². The molecular formula is C14H15N5O. The number of carbonyl (C=O) groups excluding carboxylic acids is 1. The molecule has 2 N–H and O–H groups in total. The number of rotatable bonds is 4. The molecule has 0 fully saturated rings. The van der Waals surface area contributed by atoms with E-state index in [0.29, 0.717) is 5.82 Å². The third kappa shape index (κ3) is 2.54. The van der Waals surface area contributed by atoms with Crippen LogP contribution in [0.3, 0.4) is 0 Å². The number of fused-ring (bicyclic) bond motifs is 1. The van der Waals surface area contributed by atoms with Gasteiger partial charge in [-0.25, -0.2) is 4.98 Å². The molecule has 0 unspecified atom stereocenters. The van der Waals surface area contributed by atoms with Gasteiger partial charge in [-0.15, -0.1) is 0 Å². The molecule has 0 spiro atoms. The lowest BCUT2D eigenvalue weighted by Gasteiger charge is -1.98. The van der Waals surface area contributed by atoms with E-state index in [-0.39, 0.29) is 12.3 Å². The maximum absolute atomic E-state index is 11.9. The standard InChI is InChI=1S/C14H15N5O/c1-2-10-7-12(18-17-10)16-14(20)8-11-9-19-6-4-3-5-13(19)15-11/h3-7,9H,2,8H2,1H3,(H2,16,17,18,20). The summed E-state index contributed by atoms with van der Waals surface area (Å²) in [6, 6.07) is 7.58. The number of amides is 1. The summed E-state index contributed by atoms with van der Waals surface area (Å²) in [7, 11) is 0. The quantitative estimate of drug-likeness (QED) is 0.758. The Bertz CT molecular complexity index is 710. The Morgan fingerprint density at radius 1 is 1.45 bits per heavy atom. The summed E-state index contributed by atoms with van der Waals surface area (Å²) >= 11 is 0. The van der Waals surface area contributed by atoms with Crippen LogP contribution < -0.4 is 5.32 Å². The zero-order valence-corrected chi connectivity index (χ0v) is 11.1. The lowest BCUT2D eigenvalue weighted by Crippen LogP contribution is -2.14. The molecule has 0 radical (unpaired) electrons. The number of nitrogens with zero attached hydrogens (tertiary/aromatic N) is 3. The number of carbonyl (C=O) groups is 1. The Kier molecular flexibility index (Phi) is 3.20. The summed E-state index contributed by atoms with van der Waals surface area (Å²) < 4.78 is 1.90. The Hall–Kier alpha value is -2.63. The highest BCUT2D eigenvalue weighted by atomic mass is 16.1. The van der Waals surface area contributed by atoms with E-state index in [1.807, 2.05) is 48.0 Å². The molecule has 0 atom stereocenters. The van der Waals surface area contributed by atoms with Crippen molar-refractivity contribution in [1.82, 2.24) is 19.6 Å². The minimum Gasteiger partial charge on any atom is -0.309 e. The topological polar surface area (TPSA) is 75.1 Å². The SMILES string of the molecule is CCc1cc(NC(=O)Cc2cn3ccccc3n2)n[nH]1. The molecule has 0 aliphatic heterocycles. The molecule has 6 nitrogen and oxygen atoms in total. The Morgan fingerprint density at radius 3 is 3.10 bits per heavy atom. The fourth-order valence-corrected chi connectivity index (χ4v) is 2.03. The van der Waals surface area contributed by atoms with Gasteiger partial charge in [0.05, 0.1) is 12.1 Å². The number of aryl methyl sites for hydroxylation is 1. The van der Waals surface area contributed by atoms with Crippen LogP contribution in [0.4, 0.5) is 5.82 Å². The first kappa shape index (κ1) is 12.4. The molecule has 0 bridgehead atoms. The van der Waals surface area contributed by atoms with E-state index in [1.165, 1.54) is 0 Å². The number of nitrogens with one attached hydrogen (secondary N) is 2. The minimum atomic E-state index is -0.123. The van der Waals surface area contributed by atoms with Crippen LogP contribution in [0.1, 0.15) is 18.3 Å². The molecule has 3 heterocycles. The Labute approximate surface area is 115 Å². The van der Waals surface area contributed by atoms with Crippen molar-refractivity contribution in [3.8, 4) is 0 Å². The van der Waals surface area contributed by atoms with Crippen LogP contribution in [0.15, 0.2) is 36.7 Å². The number of imidazole rings is 1. The van der Waals surface area contributed by atoms with Gasteiger partial charge in [0.1, 0.15) is 5.65 Å². The Morgan fingerprint density at radius 2 is 2.35 bits per heavy atom. The molecule has 3 rings (SSSR count). The van der Waals surface area contributed by atoms with E-state index in [2.05, 4.69) is 20.5 Å². The largest absolute Gasteiger partial charge is 0.309 e. The van der Waals surface area contributed by atoms with Crippen molar-refractivity contribution in [3.63, 3.8) is 0 Å². The van der Waals surface area contributed by atoms with Crippen LogP contribution >= 0.6 is 0 Å². The fraction of sp³-hybridized carbons (Fsp3) is 0.214. The second-order valence-electron chi connectivity index (χ2n) is 4.56. The average Bonchev–Trinajstić information content (AvgIpc) is 3.04. The van der Waals surface area contributed by atoms with E-state index >= 15 is 0 Å². The van der Waals surface area contributed by atoms with E-state index in [1.54, 1.807) is 0 Å². The molecule has 0 aromatic carbocycles. The van der Waals surface area contributed by atoms with Crippen molar-refractivity contribution in [2.45, 2.75) is 19.8 Å².